The van der Waals surface area contributed by atoms with Crippen molar-refractivity contribution in [1.82, 2.24) is 9.97 Å². The van der Waals surface area contributed by atoms with Crippen molar-refractivity contribution in [3.8, 4) is 22.3 Å². The standard InChI is InChI=1S/C16H11F3N2OS/c1-10-9-23-15(20-10)13-6-3-7-14(21-13)22-12-5-2-4-11(8-12)16(17,18)19/h2-9H,1H3. The first-order valence-electron chi connectivity index (χ1n) is 6.66. The third kappa shape index (κ3) is 3.68. The van der Waals surface area contributed by atoms with Gasteiger partial charge in [-0.3, -0.25) is 0 Å². The number of rotatable bonds is 3. The minimum atomic E-state index is -4.41. The first-order chi connectivity index (χ1) is 10.9. The zero-order chi connectivity index (χ0) is 16.4. The number of benzene rings is 1. The lowest BCUT2D eigenvalue weighted by atomic mass is 10.2. The van der Waals surface area contributed by atoms with Crippen molar-refractivity contribution in [2.45, 2.75) is 13.1 Å². The van der Waals surface area contributed by atoms with Crippen LogP contribution in [0.5, 0.6) is 11.6 Å². The van der Waals surface area contributed by atoms with Crippen LogP contribution in [0.25, 0.3) is 10.7 Å². The number of hydrogen-bond donors (Lipinski definition) is 0. The van der Waals surface area contributed by atoms with E-state index in [0.29, 0.717) is 5.69 Å². The Morgan fingerprint density at radius 3 is 2.52 bits per heavy atom. The highest BCUT2D eigenvalue weighted by molar-refractivity contribution is 7.13. The van der Waals surface area contributed by atoms with E-state index in [1.807, 2.05) is 12.3 Å². The molecule has 118 valence electrons. The fourth-order valence-corrected chi connectivity index (χ4v) is 2.69. The zero-order valence-electron chi connectivity index (χ0n) is 12.0. The molecule has 0 bridgehead atoms. The van der Waals surface area contributed by atoms with Gasteiger partial charge in [-0.05, 0) is 31.2 Å². The van der Waals surface area contributed by atoms with Gasteiger partial charge < -0.3 is 4.74 Å². The van der Waals surface area contributed by atoms with Crippen LogP contribution in [-0.4, -0.2) is 9.97 Å². The maximum Gasteiger partial charge on any atom is 0.416 e. The summed E-state index contributed by atoms with van der Waals surface area (Å²) < 4.78 is 43.6. The van der Waals surface area contributed by atoms with Gasteiger partial charge in [-0.2, -0.15) is 13.2 Å². The number of nitrogens with zero attached hydrogens (tertiary/aromatic N) is 2. The Morgan fingerprint density at radius 2 is 1.83 bits per heavy atom. The van der Waals surface area contributed by atoms with Crippen LogP contribution in [0.1, 0.15) is 11.3 Å². The molecule has 0 saturated heterocycles. The summed E-state index contributed by atoms with van der Waals surface area (Å²) in [6, 6.07) is 9.78. The SMILES string of the molecule is Cc1csc(-c2cccc(Oc3cccc(C(F)(F)F)c3)n2)n1. The van der Waals surface area contributed by atoms with E-state index >= 15 is 0 Å². The molecule has 0 spiro atoms. The monoisotopic (exact) mass is 336 g/mol. The molecule has 3 aromatic rings. The average molecular weight is 336 g/mol. The third-order valence-corrected chi connectivity index (χ3v) is 3.93. The fourth-order valence-electron chi connectivity index (χ4n) is 1.92. The Balaban J connectivity index is 1.86. The Morgan fingerprint density at radius 1 is 1.04 bits per heavy atom. The maximum atomic E-state index is 12.7. The van der Waals surface area contributed by atoms with Gasteiger partial charge in [0.1, 0.15) is 16.5 Å². The van der Waals surface area contributed by atoms with E-state index in [-0.39, 0.29) is 11.6 Å². The number of alkyl halides is 3. The molecule has 0 aliphatic rings. The summed E-state index contributed by atoms with van der Waals surface area (Å²) in [5.74, 6) is 0.300. The first kappa shape index (κ1) is 15.5. The van der Waals surface area contributed by atoms with E-state index in [9.17, 15) is 13.2 Å². The molecular weight excluding hydrogens is 325 g/mol. The Hall–Kier alpha value is -2.41. The average Bonchev–Trinajstić information content (AvgIpc) is 2.94. The quantitative estimate of drug-likeness (QED) is 0.649. The summed E-state index contributed by atoms with van der Waals surface area (Å²) in [5, 5.41) is 2.63. The van der Waals surface area contributed by atoms with Crippen LogP contribution >= 0.6 is 11.3 Å². The van der Waals surface area contributed by atoms with Crippen LogP contribution in [0, 0.1) is 6.92 Å². The van der Waals surface area contributed by atoms with E-state index in [0.717, 1.165) is 22.8 Å². The van der Waals surface area contributed by atoms with Gasteiger partial charge in [0.05, 0.1) is 5.56 Å². The van der Waals surface area contributed by atoms with Gasteiger partial charge in [0.15, 0.2) is 0 Å². The molecule has 3 rings (SSSR count). The zero-order valence-corrected chi connectivity index (χ0v) is 12.8. The lowest BCUT2D eigenvalue weighted by Gasteiger charge is -2.09. The second-order valence-corrected chi connectivity index (χ2v) is 5.64. The van der Waals surface area contributed by atoms with Crippen LogP contribution in [0.2, 0.25) is 0 Å². The summed E-state index contributed by atoms with van der Waals surface area (Å²) in [7, 11) is 0. The minimum Gasteiger partial charge on any atom is -0.439 e. The van der Waals surface area contributed by atoms with Gasteiger partial charge in [-0.1, -0.05) is 12.1 Å². The second-order valence-electron chi connectivity index (χ2n) is 4.78. The molecule has 0 amide bonds. The number of thiazole rings is 1. The van der Waals surface area contributed by atoms with Gasteiger partial charge >= 0.3 is 6.18 Å². The van der Waals surface area contributed by atoms with Crippen molar-refractivity contribution >= 4 is 11.3 Å². The predicted octanol–water partition coefficient (Wildman–Crippen LogP) is 5.32. The summed E-state index contributed by atoms with van der Waals surface area (Å²) >= 11 is 1.45. The number of ether oxygens (including phenoxy) is 1. The third-order valence-electron chi connectivity index (χ3n) is 2.95. The molecule has 2 heterocycles. The fraction of sp³-hybridized carbons (Fsp3) is 0.125. The number of hydrogen-bond acceptors (Lipinski definition) is 4. The molecule has 0 fully saturated rings. The van der Waals surface area contributed by atoms with Crippen LogP contribution in [0.4, 0.5) is 13.2 Å². The number of aryl methyl sites for hydroxylation is 1. The van der Waals surface area contributed by atoms with Crippen molar-refractivity contribution in [3.63, 3.8) is 0 Å². The van der Waals surface area contributed by atoms with Crippen molar-refractivity contribution < 1.29 is 17.9 Å². The molecule has 23 heavy (non-hydrogen) atoms. The summed E-state index contributed by atoms with van der Waals surface area (Å²) in [5.41, 5.74) is 0.741. The lowest BCUT2D eigenvalue weighted by Crippen LogP contribution is -2.04. The lowest BCUT2D eigenvalue weighted by molar-refractivity contribution is -0.137. The predicted molar refractivity (Wildman–Crippen MR) is 81.6 cm³/mol. The number of halogens is 3. The Labute approximate surface area is 134 Å². The maximum absolute atomic E-state index is 12.7. The highest BCUT2D eigenvalue weighted by Crippen LogP contribution is 2.32. The van der Waals surface area contributed by atoms with Crippen LogP contribution in [0.15, 0.2) is 47.8 Å². The molecule has 2 aromatic heterocycles. The largest absolute Gasteiger partial charge is 0.439 e. The molecule has 0 aliphatic heterocycles. The topological polar surface area (TPSA) is 35.0 Å². The molecule has 0 atom stereocenters. The summed E-state index contributed by atoms with van der Waals surface area (Å²) in [6.45, 7) is 1.88. The molecular formula is C16H11F3N2OS. The van der Waals surface area contributed by atoms with Crippen molar-refractivity contribution in [3.05, 3.63) is 59.1 Å². The van der Waals surface area contributed by atoms with E-state index in [1.165, 1.54) is 23.5 Å². The molecule has 0 aliphatic carbocycles. The first-order valence-corrected chi connectivity index (χ1v) is 7.54. The smallest absolute Gasteiger partial charge is 0.416 e. The van der Waals surface area contributed by atoms with Crippen molar-refractivity contribution in [2.24, 2.45) is 0 Å². The second kappa shape index (κ2) is 6.00. The Bertz CT molecular complexity index is 830. The molecule has 1 aromatic carbocycles. The molecule has 7 heteroatoms. The van der Waals surface area contributed by atoms with E-state index < -0.39 is 11.7 Å². The Kier molecular flexibility index (Phi) is 4.04. The van der Waals surface area contributed by atoms with E-state index in [4.69, 9.17) is 4.74 Å². The highest BCUT2D eigenvalue weighted by atomic mass is 32.1. The van der Waals surface area contributed by atoms with E-state index in [2.05, 4.69) is 9.97 Å². The van der Waals surface area contributed by atoms with Crippen LogP contribution in [-0.2, 0) is 6.18 Å². The van der Waals surface area contributed by atoms with Gasteiger partial charge in [0.25, 0.3) is 0 Å². The summed E-state index contributed by atoms with van der Waals surface area (Å²) in [4.78, 5) is 8.62. The van der Waals surface area contributed by atoms with Crippen LogP contribution < -0.4 is 4.74 Å². The number of pyridine rings is 1. The molecule has 3 nitrogen and oxygen atoms in total. The van der Waals surface area contributed by atoms with Crippen molar-refractivity contribution in [2.75, 3.05) is 0 Å². The molecule has 0 saturated carbocycles. The summed E-state index contributed by atoms with van der Waals surface area (Å²) in [6.07, 6.45) is -4.41. The van der Waals surface area contributed by atoms with Gasteiger partial charge in [0.2, 0.25) is 5.88 Å². The molecule has 0 radical (unpaired) electrons. The molecule has 0 N–H and O–H groups in total. The van der Waals surface area contributed by atoms with Gasteiger partial charge in [-0.15, -0.1) is 11.3 Å². The minimum absolute atomic E-state index is 0.0831. The number of aromatic nitrogens is 2. The van der Waals surface area contributed by atoms with Crippen LogP contribution in [0.3, 0.4) is 0 Å². The van der Waals surface area contributed by atoms with Crippen molar-refractivity contribution in [1.29, 1.82) is 0 Å². The van der Waals surface area contributed by atoms with Gasteiger partial charge in [-0.25, -0.2) is 9.97 Å². The normalized spacial score (nSPS) is 11.5. The van der Waals surface area contributed by atoms with Gasteiger partial charge in [0, 0.05) is 17.1 Å². The molecule has 0 unspecified atom stereocenters. The highest BCUT2D eigenvalue weighted by Gasteiger charge is 2.30. The van der Waals surface area contributed by atoms with E-state index in [1.54, 1.807) is 18.2 Å².